The van der Waals surface area contributed by atoms with Gasteiger partial charge in [0.05, 0.1) is 29.1 Å². The second-order valence-corrected chi connectivity index (χ2v) is 13.3. The predicted octanol–water partition coefficient (Wildman–Crippen LogP) is 5.53. The number of hydrogen-bond donors (Lipinski definition) is 0. The van der Waals surface area contributed by atoms with Crippen LogP contribution >= 0.6 is 46.1 Å². The zero-order valence-electron chi connectivity index (χ0n) is 16.0. The van der Waals surface area contributed by atoms with Crippen LogP contribution in [0.2, 0.25) is 0 Å². The standard InChI is InChI=1S/C19H31IO4S3/c1-14-13-17(8-10-19-25-11-4-12-26-19)23-18(14)9-7-16(6-5-15(2)20)24-27(3,21)22/h16-19H,1-2,4-13H2,3H3/t16-,17-,18-/m0/s1. The largest absolute Gasteiger partial charge is 0.370 e. The molecule has 0 saturated carbocycles. The highest BCUT2D eigenvalue weighted by Gasteiger charge is 2.30. The van der Waals surface area contributed by atoms with Gasteiger partial charge in [0.2, 0.25) is 0 Å². The van der Waals surface area contributed by atoms with Gasteiger partial charge in [-0.3, -0.25) is 4.18 Å². The summed E-state index contributed by atoms with van der Waals surface area (Å²) >= 11 is 6.33. The van der Waals surface area contributed by atoms with E-state index in [-0.39, 0.29) is 18.3 Å². The van der Waals surface area contributed by atoms with E-state index in [4.69, 9.17) is 8.92 Å². The number of rotatable bonds is 11. The van der Waals surface area contributed by atoms with E-state index in [2.05, 4.69) is 59.3 Å². The third kappa shape index (κ3) is 9.89. The SMILES string of the molecule is C=C(I)CC[C@@H](CC[C@@H]1O[C@@H](CCC2SCCCS2)CC1=C)OS(C)(=O)=O. The van der Waals surface area contributed by atoms with Crippen LogP contribution in [0, 0.1) is 0 Å². The third-order valence-corrected chi connectivity index (χ3v) is 8.96. The molecule has 156 valence electrons. The van der Waals surface area contributed by atoms with Crippen LogP contribution in [0.15, 0.2) is 22.3 Å². The molecule has 2 heterocycles. The van der Waals surface area contributed by atoms with Crippen LogP contribution in [0.4, 0.5) is 0 Å². The fourth-order valence-corrected chi connectivity index (χ4v) is 7.31. The van der Waals surface area contributed by atoms with E-state index in [1.165, 1.54) is 24.3 Å². The minimum absolute atomic E-state index is 0.0233. The maximum atomic E-state index is 11.5. The number of allylic oxidation sites excluding steroid dienone is 1. The number of hydrogen-bond acceptors (Lipinski definition) is 6. The summed E-state index contributed by atoms with van der Waals surface area (Å²) in [6.07, 6.45) is 8.43. The van der Waals surface area contributed by atoms with Crippen molar-refractivity contribution in [1.82, 2.24) is 0 Å². The van der Waals surface area contributed by atoms with Gasteiger partial charge < -0.3 is 4.74 Å². The van der Waals surface area contributed by atoms with Gasteiger partial charge in [0, 0.05) is 0 Å². The highest BCUT2D eigenvalue weighted by atomic mass is 127. The Morgan fingerprint density at radius 1 is 1.30 bits per heavy atom. The molecule has 2 saturated heterocycles. The number of thioether (sulfide) groups is 2. The fraction of sp³-hybridized carbons (Fsp3) is 0.789. The lowest BCUT2D eigenvalue weighted by molar-refractivity contribution is 0.0354. The molecule has 2 aliphatic rings. The van der Waals surface area contributed by atoms with Crippen LogP contribution in [0.3, 0.4) is 0 Å². The van der Waals surface area contributed by atoms with Crippen molar-refractivity contribution in [2.45, 2.75) is 74.3 Å². The van der Waals surface area contributed by atoms with Crippen LogP contribution in [-0.4, -0.2) is 49.1 Å². The Kier molecular flexibility index (Phi) is 10.5. The maximum Gasteiger partial charge on any atom is 0.264 e. The second kappa shape index (κ2) is 11.8. The molecule has 2 rings (SSSR count). The molecular weight excluding hydrogens is 515 g/mol. The van der Waals surface area contributed by atoms with Crippen LogP contribution < -0.4 is 0 Å². The predicted molar refractivity (Wildman–Crippen MR) is 126 cm³/mol. The molecule has 3 atom stereocenters. The average molecular weight is 547 g/mol. The molecule has 0 bridgehead atoms. The van der Waals surface area contributed by atoms with Gasteiger partial charge in [0.1, 0.15) is 0 Å². The van der Waals surface area contributed by atoms with E-state index in [0.29, 0.717) is 17.4 Å². The smallest absolute Gasteiger partial charge is 0.264 e. The summed E-state index contributed by atoms with van der Waals surface area (Å²) in [6, 6.07) is 0. The molecule has 0 radical (unpaired) electrons. The Bertz CT molecular complexity index is 602. The van der Waals surface area contributed by atoms with Gasteiger partial charge in [-0.25, -0.2) is 0 Å². The summed E-state index contributed by atoms with van der Waals surface area (Å²) in [7, 11) is -3.46. The monoisotopic (exact) mass is 546 g/mol. The van der Waals surface area contributed by atoms with Crippen LogP contribution in [0.25, 0.3) is 0 Å². The van der Waals surface area contributed by atoms with Crippen molar-refractivity contribution < 1.29 is 17.3 Å². The van der Waals surface area contributed by atoms with Gasteiger partial charge in [-0.2, -0.15) is 8.42 Å². The Morgan fingerprint density at radius 3 is 2.63 bits per heavy atom. The van der Waals surface area contributed by atoms with E-state index in [1.54, 1.807) is 0 Å². The molecule has 0 aromatic carbocycles. The van der Waals surface area contributed by atoms with E-state index in [0.717, 1.165) is 41.1 Å². The van der Waals surface area contributed by atoms with Crippen molar-refractivity contribution >= 4 is 56.2 Å². The molecule has 2 aliphatic heterocycles. The Hall–Kier alpha value is 0.780. The van der Waals surface area contributed by atoms with Gasteiger partial charge in [-0.1, -0.05) is 13.2 Å². The highest BCUT2D eigenvalue weighted by Crippen LogP contribution is 2.37. The van der Waals surface area contributed by atoms with Crippen molar-refractivity contribution in [3.05, 3.63) is 22.3 Å². The summed E-state index contributed by atoms with van der Waals surface area (Å²) in [5.74, 6) is 2.56. The maximum absolute atomic E-state index is 11.5. The topological polar surface area (TPSA) is 52.6 Å². The normalized spacial score (nSPS) is 25.6. The minimum Gasteiger partial charge on any atom is -0.370 e. The molecule has 0 aromatic rings. The lowest BCUT2D eigenvalue weighted by atomic mass is 10.0. The fourth-order valence-electron chi connectivity index (χ4n) is 3.41. The van der Waals surface area contributed by atoms with Gasteiger partial charge in [-0.15, -0.1) is 23.5 Å². The van der Waals surface area contributed by atoms with Crippen molar-refractivity contribution in [1.29, 1.82) is 0 Å². The Balaban J connectivity index is 1.76. The highest BCUT2D eigenvalue weighted by molar-refractivity contribution is 14.1. The van der Waals surface area contributed by atoms with Crippen molar-refractivity contribution in [2.24, 2.45) is 0 Å². The summed E-state index contributed by atoms with van der Waals surface area (Å²) in [4.78, 5) is 0. The lowest BCUT2D eigenvalue weighted by Gasteiger charge is -2.22. The first-order valence-electron chi connectivity index (χ1n) is 9.51. The Morgan fingerprint density at radius 2 is 2.00 bits per heavy atom. The van der Waals surface area contributed by atoms with Gasteiger partial charge in [-0.05, 0) is 94.6 Å². The molecule has 8 heteroatoms. The molecule has 0 amide bonds. The van der Waals surface area contributed by atoms with E-state index in [1.807, 2.05) is 0 Å². The molecule has 2 fully saturated rings. The van der Waals surface area contributed by atoms with Crippen molar-refractivity contribution in [3.8, 4) is 0 Å². The quantitative estimate of drug-likeness (QED) is 0.193. The van der Waals surface area contributed by atoms with Crippen molar-refractivity contribution in [2.75, 3.05) is 17.8 Å². The van der Waals surface area contributed by atoms with Crippen LogP contribution in [0.5, 0.6) is 0 Å². The molecule has 0 N–H and O–H groups in total. The molecule has 0 aliphatic carbocycles. The number of ether oxygens (including phenoxy) is 1. The van der Waals surface area contributed by atoms with Gasteiger partial charge >= 0.3 is 0 Å². The summed E-state index contributed by atoms with van der Waals surface area (Å²) in [5.41, 5.74) is 1.14. The van der Waals surface area contributed by atoms with Crippen molar-refractivity contribution in [3.63, 3.8) is 0 Å². The first-order chi connectivity index (χ1) is 12.7. The lowest BCUT2D eigenvalue weighted by Crippen LogP contribution is -2.21. The first-order valence-corrected chi connectivity index (χ1v) is 14.5. The van der Waals surface area contributed by atoms with E-state index < -0.39 is 10.1 Å². The Labute approximate surface area is 186 Å². The zero-order chi connectivity index (χ0) is 19.9. The number of halogens is 1. The molecular formula is C19H31IO4S3. The van der Waals surface area contributed by atoms with Gasteiger partial charge in [0.25, 0.3) is 10.1 Å². The summed E-state index contributed by atoms with van der Waals surface area (Å²) < 4.78 is 36.3. The molecule has 4 nitrogen and oxygen atoms in total. The molecule has 0 spiro atoms. The second-order valence-electron chi connectivity index (χ2n) is 7.27. The van der Waals surface area contributed by atoms with E-state index in [9.17, 15) is 8.42 Å². The molecule has 27 heavy (non-hydrogen) atoms. The van der Waals surface area contributed by atoms with E-state index >= 15 is 0 Å². The van der Waals surface area contributed by atoms with Crippen LogP contribution in [-0.2, 0) is 19.0 Å². The minimum atomic E-state index is -3.46. The zero-order valence-corrected chi connectivity index (χ0v) is 20.6. The van der Waals surface area contributed by atoms with Gasteiger partial charge in [0.15, 0.2) is 0 Å². The summed E-state index contributed by atoms with van der Waals surface area (Å²) in [5, 5.41) is 0. The third-order valence-electron chi connectivity index (χ3n) is 4.72. The van der Waals surface area contributed by atoms with Crippen LogP contribution in [0.1, 0.15) is 51.4 Å². The first kappa shape index (κ1) is 24.1. The molecule has 0 aromatic heterocycles. The average Bonchev–Trinajstić information content (AvgIpc) is 2.95. The molecule has 0 unspecified atom stereocenters. The summed E-state index contributed by atoms with van der Waals surface area (Å²) in [6.45, 7) is 8.08.